The van der Waals surface area contributed by atoms with Crippen LogP contribution >= 0.6 is 11.8 Å². The molecule has 1 aromatic heterocycles. The van der Waals surface area contributed by atoms with E-state index in [1.165, 1.54) is 7.11 Å². The van der Waals surface area contributed by atoms with Crippen molar-refractivity contribution in [3.8, 4) is 11.1 Å². The van der Waals surface area contributed by atoms with Crippen molar-refractivity contribution in [2.75, 3.05) is 12.9 Å². The molecule has 1 fully saturated rings. The Balaban J connectivity index is 1.13. The number of imidazole rings is 1. The summed E-state index contributed by atoms with van der Waals surface area (Å²) in [6, 6.07) is 32.0. The van der Waals surface area contributed by atoms with Crippen LogP contribution in [0, 0.1) is 0 Å². The standard InChI is InChI=1S/C40H42N4O6S/c1-44-21-20-41-40(44)51-26-33-23-36(30-14-12-28(25-45)13-15-30)50-38(49-33)31-18-16-29(17-19-31)34-11-7-6-10-32(34)24-42-39(47)43-35(37(46)48-2)22-27-8-4-3-5-9-27/h3-21,33,35-36,38,45H,22-26H2,1-2H3,(H2,42,43,47)/t33-,35-,36+,38+/m0/s1. The molecule has 4 atom stereocenters. The summed E-state index contributed by atoms with van der Waals surface area (Å²) in [6.07, 6.45) is 3.87. The van der Waals surface area contributed by atoms with Gasteiger partial charge < -0.3 is 34.5 Å². The molecule has 264 valence electrons. The lowest BCUT2D eigenvalue weighted by molar-refractivity contribution is -0.245. The van der Waals surface area contributed by atoms with E-state index in [2.05, 4.69) is 15.6 Å². The average molecular weight is 707 g/mol. The summed E-state index contributed by atoms with van der Waals surface area (Å²) in [7, 11) is 3.29. The molecule has 0 spiro atoms. The van der Waals surface area contributed by atoms with Gasteiger partial charge >= 0.3 is 12.0 Å². The normalized spacial score (nSPS) is 17.7. The van der Waals surface area contributed by atoms with Crippen LogP contribution < -0.4 is 10.6 Å². The van der Waals surface area contributed by atoms with Crippen LogP contribution in [-0.4, -0.2) is 51.7 Å². The van der Waals surface area contributed by atoms with E-state index in [1.54, 1.807) is 18.0 Å². The molecule has 4 aromatic carbocycles. The van der Waals surface area contributed by atoms with Crippen LogP contribution in [0.15, 0.2) is 121 Å². The van der Waals surface area contributed by atoms with Crippen LogP contribution in [0.1, 0.15) is 46.6 Å². The molecule has 3 N–H and O–H groups in total. The maximum atomic E-state index is 12.9. The molecule has 0 saturated carbocycles. The van der Waals surface area contributed by atoms with E-state index in [-0.39, 0.29) is 25.4 Å². The maximum absolute atomic E-state index is 12.9. The second-order valence-electron chi connectivity index (χ2n) is 12.4. The van der Waals surface area contributed by atoms with Crippen LogP contribution in [0.4, 0.5) is 4.79 Å². The molecule has 10 nitrogen and oxygen atoms in total. The van der Waals surface area contributed by atoms with Gasteiger partial charge in [0.2, 0.25) is 0 Å². The number of hydrogen-bond donors (Lipinski definition) is 3. The number of urea groups is 1. The number of rotatable bonds is 13. The lowest BCUT2D eigenvalue weighted by Gasteiger charge is -2.36. The van der Waals surface area contributed by atoms with E-state index in [4.69, 9.17) is 14.2 Å². The zero-order valence-electron chi connectivity index (χ0n) is 28.6. The molecule has 1 aliphatic rings. The second kappa shape index (κ2) is 17.3. The second-order valence-corrected chi connectivity index (χ2v) is 13.3. The highest BCUT2D eigenvalue weighted by atomic mass is 32.2. The highest BCUT2D eigenvalue weighted by molar-refractivity contribution is 7.99. The number of amides is 2. The number of hydrogen-bond acceptors (Lipinski definition) is 8. The fourth-order valence-electron chi connectivity index (χ4n) is 6.03. The Morgan fingerprint density at radius 1 is 0.941 bits per heavy atom. The number of ether oxygens (including phenoxy) is 3. The minimum Gasteiger partial charge on any atom is -0.467 e. The average Bonchev–Trinajstić information content (AvgIpc) is 3.60. The van der Waals surface area contributed by atoms with Crippen LogP contribution in [0.25, 0.3) is 11.1 Å². The predicted octanol–water partition coefficient (Wildman–Crippen LogP) is 6.50. The Labute approximate surface area is 302 Å². The van der Waals surface area contributed by atoms with E-state index >= 15 is 0 Å². The molecule has 51 heavy (non-hydrogen) atoms. The van der Waals surface area contributed by atoms with Gasteiger partial charge in [-0.1, -0.05) is 115 Å². The van der Waals surface area contributed by atoms with E-state index in [1.807, 2.05) is 121 Å². The quantitative estimate of drug-likeness (QED) is 0.0937. The minimum absolute atomic E-state index is 0.0101. The summed E-state index contributed by atoms with van der Waals surface area (Å²) >= 11 is 1.66. The highest BCUT2D eigenvalue weighted by Crippen LogP contribution is 2.40. The number of aliphatic hydroxyl groups excluding tert-OH is 1. The van der Waals surface area contributed by atoms with E-state index in [0.29, 0.717) is 18.6 Å². The number of carbonyl (C=O) groups excluding carboxylic acids is 2. The van der Waals surface area contributed by atoms with Crippen molar-refractivity contribution in [1.82, 2.24) is 20.2 Å². The Bertz CT molecular complexity index is 1880. The van der Waals surface area contributed by atoms with E-state index in [9.17, 15) is 14.7 Å². The summed E-state index contributed by atoms with van der Waals surface area (Å²) in [5.74, 6) is 0.207. The number of nitrogens with zero attached hydrogens (tertiary/aromatic N) is 2. The molecular formula is C40H42N4O6S. The van der Waals surface area contributed by atoms with Crippen LogP contribution in [0.2, 0.25) is 0 Å². The Kier molecular flexibility index (Phi) is 12.2. The lowest BCUT2D eigenvalue weighted by atomic mass is 9.98. The largest absolute Gasteiger partial charge is 0.467 e. The zero-order chi connectivity index (χ0) is 35.6. The molecule has 0 bridgehead atoms. The van der Waals surface area contributed by atoms with Gasteiger partial charge in [0.05, 0.1) is 25.9 Å². The summed E-state index contributed by atoms with van der Waals surface area (Å²) in [5, 5.41) is 16.1. The van der Waals surface area contributed by atoms with Crippen molar-refractivity contribution in [2.24, 2.45) is 7.05 Å². The summed E-state index contributed by atoms with van der Waals surface area (Å²) in [4.78, 5) is 29.8. The van der Waals surface area contributed by atoms with Gasteiger partial charge in [-0.15, -0.1) is 0 Å². The van der Waals surface area contributed by atoms with Gasteiger partial charge in [0, 0.05) is 50.1 Å². The number of thioether (sulfide) groups is 1. The topological polar surface area (TPSA) is 124 Å². The smallest absolute Gasteiger partial charge is 0.328 e. The first-order chi connectivity index (χ1) is 24.9. The van der Waals surface area contributed by atoms with Crippen molar-refractivity contribution in [1.29, 1.82) is 0 Å². The molecule has 1 saturated heterocycles. The molecule has 0 unspecified atom stereocenters. The van der Waals surface area contributed by atoms with Crippen molar-refractivity contribution < 1.29 is 28.9 Å². The Morgan fingerprint density at radius 2 is 1.67 bits per heavy atom. The zero-order valence-corrected chi connectivity index (χ0v) is 29.4. The lowest BCUT2D eigenvalue weighted by Crippen LogP contribution is -2.47. The molecule has 2 amide bonds. The third-order valence-electron chi connectivity index (χ3n) is 8.81. The van der Waals surface area contributed by atoms with Gasteiger partial charge in [0.25, 0.3) is 0 Å². The molecule has 0 radical (unpaired) electrons. The molecule has 0 aliphatic carbocycles. The number of methoxy groups -OCH3 is 1. The first-order valence-electron chi connectivity index (χ1n) is 16.8. The summed E-state index contributed by atoms with van der Waals surface area (Å²) in [6.45, 7) is 0.244. The van der Waals surface area contributed by atoms with Crippen molar-refractivity contribution in [3.63, 3.8) is 0 Å². The van der Waals surface area contributed by atoms with Crippen LogP contribution in [-0.2, 0) is 45.6 Å². The maximum Gasteiger partial charge on any atom is 0.328 e. The number of aromatic nitrogens is 2. The summed E-state index contributed by atoms with van der Waals surface area (Å²) < 4.78 is 20.0. The predicted molar refractivity (Wildman–Crippen MR) is 196 cm³/mol. The van der Waals surface area contributed by atoms with Gasteiger partial charge in [0.15, 0.2) is 11.4 Å². The molecular weight excluding hydrogens is 665 g/mol. The third kappa shape index (κ3) is 9.44. The SMILES string of the molecule is COC(=O)[C@H](Cc1ccccc1)NC(=O)NCc1ccccc1-c1ccc([C@@H]2O[C@H](CSc3nccn3C)C[C@H](c3ccc(CO)cc3)O2)cc1. The van der Waals surface area contributed by atoms with Crippen LogP contribution in [0.3, 0.4) is 0 Å². The molecule has 2 heterocycles. The van der Waals surface area contributed by atoms with E-state index in [0.717, 1.165) is 44.1 Å². The van der Waals surface area contributed by atoms with Crippen molar-refractivity contribution in [2.45, 2.75) is 55.7 Å². The fraction of sp³-hybridized carbons (Fsp3) is 0.275. The van der Waals surface area contributed by atoms with Gasteiger partial charge in [-0.25, -0.2) is 14.6 Å². The van der Waals surface area contributed by atoms with Crippen LogP contribution in [0.5, 0.6) is 0 Å². The fourth-order valence-corrected chi connectivity index (χ4v) is 6.98. The number of benzene rings is 4. The Hall–Kier alpha value is -4.94. The Morgan fingerprint density at radius 3 is 2.37 bits per heavy atom. The number of aryl methyl sites for hydroxylation is 1. The number of carbonyl (C=O) groups is 2. The van der Waals surface area contributed by atoms with Crippen molar-refractivity contribution >= 4 is 23.8 Å². The number of nitrogens with one attached hydrogen (secondary N) is 2. The minimum atomic E-state index is -0.822. The van der Waals surface area contributed by atoms with Gasteiger partial charge in [-0.05, 0) is 33.4 Å². The summed E-state index contributed by atoms with van der Waals surface area (Å²) in [5.41, 5.74) is 6.55. The number of esters is 1. The van der Waals surface area contributed by atoms with Gasteiger partial charge in [-0.2, -0.15) is 0 Å². The van der Waals surface area contributed by atoms with Gasteiger partial charge in [-0.3, -0.25) is 0 Å². The van der Waals surface area contributed by atoms with Crippen molar-refractivity contribution in [3.05, 3.63) is 143 Å². The molecule has 5 aromatic rings. The van der Waals surface area contributed by atoms with Gasteiger partial charge in [0.1, 0.15) is 6.04 Å². The van der Waals surface area contributed by atoms with E-state index < -0.39 is 24.3 Å². The monoisotopic (exact) mass is 706 g/mol. The third-order valence-corrected chi connectivity index (χ3v) is 10.0. The first-order valence-corrected chi connectivity index (χ1v) is 17.8. The first kappa shape index (κ1) is 35.9. The molecule has 11 heteroatoms. The molecule has 1 aliphatic heterocycles. The number of aliphatic hydroxyl groups is 1. The highest BCUT2D eigenvalue weighted by Gasteiger charge is 2.32. The molecule has 6 rings (SSSR count).